The summed E-state index contributed by atoms with van der Waals surface area (Å²) in [5.74, 6) is -0.0481. The number of hydrogen-bond donors (Lipinski definition) is 0. The zero-order valence-corrected chi connectivity index (χ0v) is 20.1. The summed E-state index contributed by atoms with van der Waals surface area (Å²) in [6.45, 7) is 0.674. The zero-order chi connectivity index (χ0) is 21.5. The van der Waals surface area contributed by atoms with Crippen LogP contribution in [0, 0.1) is 3.57 Å². The topological polar surface area (TPSA) is 35.9 Å². The normalized spacial score (nSPS) is 17.6. The van der Waals surface area contributed by atoms with E-state index in [1.807, 2.05) is 34.2 Å². The number of benzene rings is 3. The van der Waals surface area contributed by atoms with Crippen molar-refractivity contribution in [1.82, 2.24) is 0 Å². The molecule has 0 bridgehead atoms. The molecule has 2 heterocycles. The van der Waals surface area contributed by atoms with Gasteiger partial charge in [-0.15, -0.1) is 0 Å². The smallest absolute Gasteiger partial charge is 0.274 e. The van der Waals surface area contributed by atoms with E-state index in [1.54, 1.807) is 12.1 Å². The van der Waals surface area contributed by atoms with Crippen LogP contribution < -0.4 is 9.91 Å². The Kier molecular flexibility index (Phi) is 5.67. The van der Waals surface area contributed by atoms with Crippen LogP contribution in [-0.2, 0) is 11.2 Å². The summed E-state index contributed by atoms with van der Waals surface area (Å²) in [7, 11) is 0. The van der Waals surface area contributed by atoms with Gasteiger partial charge in [-0.05, 0) is 76.5 Å². The minimum absolute atomic E-state index is 0.0481. The first-order chi connectivity index (χ1) is 15.0. The van der Waals surface area contributed by atoms with Gasteiger partial charge in [0.25, 0.3) is 5.91 Å². The molecule has 0 saturated heterocycles. The van der Waals surface area contributed by atoms with E-state index < -0.39 is 0 Å². The summed E-state index contributed by atoms with van der Waals surface area (Å²) in [6, 6.07) is 21.6. The van der Waals surface area contributed by atoms with Crippen molar-refractivity contribution in [2.24, 2.45) is 5.10 Å². The highest BCUT2D eigenvalue weighted by atomic mass is 127. The van der Waals surface area contributed by atoms with Gasteiger partial charge in [0.15, 0.2) is 0 Å². The number of fused-ring (bicyclic) bond motifs is 1. The first-order valence-corrected chi connectivity index (χ1v) is 11.8. The van der Waals surface area contributed by atoms with Crippen molar-refractivity contribution in [3.8, 4) is 0 Å². The van der Waals surface area contributed by atoms with Crippen LogP contribution >= 0.6 is 45.8 Å². The molecule has 0 spiro atoms. The molecule has 0 aromatic heterocycles. The van der Waals surface area contributed by atoms with E-state index in [2.05, 4.69) is 52.9 Å². The van der Waals surface area contributed by atoms with Crippen LogP contribution in [-0.4, -0.2) is 18.2 Å². The fourth-order valence-electron chi connectivity index (χ4n) is 4.18. The van der Waals surface area contributed by atoms with Gasteiger partial charge >= 0.3 is 0 Å². The molecule has 1 amide bonds. The van der Waals surface area contributed by atoms with Crippen LogP contribution in [0.5, 0.6) is 0 Å². The molecule has 31 heavy (non-hydrogen) atoms. The van der Waals surface area contributed by atoms with E-state index in [9.17, 15) is 4.79 Å². The Morgan fingerprint density at radius 2 is 1.77 bits per heavy atom. The van der Waals surface area contributed by atoms with Crippen LogP contribution in [0.4, 0.5) is 11.4 Å². The molecular formula is C24H18Cl2IN3O. The number of hydrogen-bond acceptors (Lipinski definition) is 3. The first kappa shape index (κ1) is 20.8. The quantitative estimate of drug-likeness (QED) is 0.342. The predicted octanol–water partition coefficient (Wildman–Crippen LogP) is 6.49. The maximum absolute atomic E-state index is 13.5. The lowest BCUT2D eigenvalue weighted by molar-refractivity contribution is -0.112. The highest BCUT2D eigenvalue weighted by Gasteiger charge is 2.36. The monoisotopic (exact) mass is 561 g/mol. The zero-order valence-electron chi connectivity index (χ0n) is 16.4. The SMILES string of the molecule is O=C(C1=NN(c2ccc(Cl)cc2Cl)C(c2ccc(I)cc2)C1)N1CCc2ccccc21. The van der Waals surface area contributed by atoms with Crippen LogP contribution in [0.2, 0.25) is 10.0 Å². The molecule has 0 N–H and O–H groups in total. The van der Waals surface area contributed by atoms with E-state index in [4.69, 9.17) is 28.3 Å². The van der Waals surface area contributed by atoms with E-state index in [0.29, 0.717) is 28.7 Å². The van der Waals surface area contributed by atoms with Crippen molar-refractivity contribution in [1.29, 1.82) is 0 Å². The summed E-state index contributed by atoms with van der Waals surface area (Å²) in [5, 5.41) is 7.70. The molecule has 0 saturated carbocycles. The van der Waals surface area contributed by atoms with Crippen molar-refractivity contribution in [2.45, 2.75) is 18.9 Å². The minimum Gasteiger partial charge on any atom is -0.307 e. The van der Waals surface area contributed by atoms with Gasteiger partial charge in [0.1, 0.15) is 5.71 Å². The average molecular weight is 562 g/mol. The number of amides is 1. The van der Waals surface area contributed by atoms with Gasteiger partial charge in [0, 0.05) is 27.2 Å². The second kappa shape index (κ2) is 8.45. The predicted molar refractivity (Wildman–Crippen MR) is 135 cm³/mol. The molecule has 156 valence electrons. The molecular weight excluding hydrogens is 544 g/mol. The Morgan fingerprint density at radius 3 is 2.55 bits per heavy atom. The van der Waals surface area contributed by atoms with Crippen molar-refractivity contribution < 1.29 is 4.79 Å². The van der Waals surface area contributed by atoms with E-state index in [0.717, 1.165) is 26.9 Å². The molecule has 3 aromatic carbocycles. The molecule has 7 heteroatoms. The second-order valence-corrected chi connectivity index (χ2v) is 9.68. The number of nitrogens with zero attached hydrogens (tertiary/aromatic N) is 3. The maximum Gasteiger partial charge on any atom is 0.274 e. The summed E-state index contributed by atoms with van der Waals surface area (Å²) < 4.78 is 1.15. The number of halogens is 3. The summed E-state index contributed by atoms with van der Waals surface area (Å²) >= 11 is 14.9. The lowest BCUT2D eigenvalue weighted by Crippen LogP contribution is -2.34. The number of anilines is 2. The van der Waals surface area contributed by atoms with Crippen molar-refractivity contribution in [3.05, 3.63) is 91.5 Å². The average Bonchev–Trinajstić information content (AvgIpc) is 3.39. The maximum atomic E-state index is 13.5. The number of para-hydroxylation sites is 1. The van der Waals surface area contributed by atoms with Crippen LogP contribution in [0.25, 0.3) is 0 Å². The lowest BCUT2D eigenvalue weighted by Gasteiger charge is -2.25. The van der Waals surface area contributed by atoms with Gasteiger partial charge < -0.3 is 4.90 Å². The number of carbonyl (C=O) groups excluding carboxylic acids is 1. The van der Waals surface area contributed by atoms with Gasteiger partial charge in [0.2, 0.25) is 0 Å². The molecule has 2 aliphatic rings. The van der Waals surface area contributed by atoms with Crippen molar-refractivity contribution in [2.75, 3.05) is 16.5 Å². The molecule has 1 atom stereocenters. The molecule has 0 fully saturated rings. The Hall–Kier alpha value is -2.09. The van der Waals surface area contributed by atoms with Crippen molar-refractivity contribution in [3.63, 3.8) is 0 Å². The third-order valence-corrected chi connectivity index (χ3v) is 6.96. The third-order valence-electron chi connectivity index (χ3n) is 5.70. The van der Waals surface area contributed by atoms with E-state index in [-0.39, 0.29) is 11.9 Å². The van der Waals surface area contributed by atoms with Gasteiger partial charge in [-0.25, -0.2) is 0 Å². The standard InChI is InChI=1S/C24H18Cl2IN3O/c25-17-7-10-22(19(26)13-17)30-23(16-5-8-18(27)9-6-16)14-20(28-30)24(31)29-12-11-15-3-1-2-4-21(15)29/h1-10,13,23H,11-12,14H2. The number of rotatable bonds is 3. The van der Waals surface area contributed by atoms with Gasteiger partial charge in [-0.2, -0.15) is 5.10 Å². The van der Waals surface area contributed by atoms with Gasteiger partial charge in [-0.1, -0.05) is 53.5 Å². The Labute approximate surface area is 204 Å². The summed E-state index contributed by atoms with van der Waals surface area (Å²) in [4.78, 5) is 15.3. The van der Waals surface area contributed by atoms with Crippen LogP contribution in [0.1, 0.15) is 23.6 Å². The fourth-order valence-corrected chi connectivity index (χ4v) is 5.03. The van der Waals surface area contributed by atoms with E-state index in [1.165, 1.54) is 5.56 Å². The number of carbonyl (C=O) groups is 1. The molecule has 2 aliphatic heterocycles. The van der Waals surface area contributed by atoms with Gasteiger partial charge in [0.05, 0.1) is 16.8 Å². The van der Waals surface area contributed by atoms with Crippen molar-refractivity contribution >= 4 is 68.8 Å². The first-order valence-electron chi connectivity index (χ1n) is 9.98. The van der Waals surface area contributed by atoms with Gasteiger partial charge in [-0.3, -0.25) is 9.80 Å². The highest BCUT2D eigenvalue weighted by molar-refractivity contribution is 14.1. The molecule has 5 rings (SSSR count). The lowest BCUT2D eigenvalue weighted by atomic mass is 10.0. The molecule has 1 unspecified atom stereocenters. The molecule has 4 nitrogen and oxygen atoms in total. The minimum atomic E-state index is -0.118. The third kappa shape index (κ3) is 3.95. The highest BCUT2D eigenvalue weighted by Crippen LogP contribution is 2.40. The Morgan fingerprint density at radius 1 is 1.00 bits per heavy atom. The largest absolute Gasteiger partial charge is 0.307 e. The Bertz CT molecular complexity index is 1200. The van der Waals surface area contributed by atoms with E-state index >= 15 is 0 Å². The van der Waals surface area contributed by atoms with Crippen LogP contribution in [0.15, 0.2) is 71.8 Å². The van der Waals surface area contributed by atoms with Crippen LogP contribution in [0.3, 0.4) is 0 Å². The molecule has 0 radical (unpaired) electrons. The fraction of sp³-hybridized carbons (Fsp3) is 0.167. The summed E-state index contributed by atoms with van der Waals surface area (Å²) in [6.07, 6.45) is 1.37. The number of hydrazone groups is 1. The molecule has 3 aromatic rings. The Balaban J connectivity index is 1.52. The molecule has 0 aliphatic carbocycles. The summed E-state index contributed by atoms with van der Waals surface area (Å²) in [5.41, 5.74) is 4.52. The second-order valence-electron chi connectivity index (χ2n) is 7.59.